The first-order valence-electron chi connectivity index (χ1n) is 13.0. The molecule has 1 fully saturated rings. The summed E-state index contributed by atoms with van der Waals surface area (Å²) >= 11 is 0. The number of sulfonamides is 1. The topological polar surface area (TPSA) is 128 Å². The second-order valence-corrected chi connectivity index (χ2v) is 11.6. The third kappa shape index (κ3) is 6.64. The number of rotatable bonds is 11. The highest BCUT2D eigenvalue weighted by molar-refractivity contribution is 7.89. The maximum absolute atomic E-state index is 13.8. The van der Waals surface area contributed by atoms with Crippen molar-refractivity contribution in [2.45, 2.75) is 43.9 Å². The predicted octanol–water partition coefficient (Wildman–Crippen LogP) is 3.37. The molecule has 0 saturated carbocycles. The molecule has 11 nitrogen and oxygen atoms in total. The summed E-state index contributed by atoms with van der Waals surface area (Å²) in [6.07, 6.45) is 2.74. The highest BCUT2D eigenvalue weighted by atomic mass is 32.2. The van der Waals surface area contributed by atoms with Crippen molar-refractivity contribution in [3.05, 3.63) is 72.2 Å². The lowest BCUT2D eigenvalue weighted by atomic mass is 10.2. The molecule has 5 rings (SSSR count). The zero-order chi connectivity index (χ0) is 28.1. The van der Waals surface area contributed by atoms with Crippen LogP contribution in [0.5, 0.6) is 11.5 Å². The van der Waals surface area contributed by atoms with Gasteiger partial charge in [0, 0.05) is 32.3 Å². The molecule has 12 heteroatoms. The monoisotopic (exact) mass is 569 g/mol. The van der Waals surface area contributed by atoms with Crippen molar-refractivity contribution in [3.8, 4) is 11.5 Å². The van der Waals surface area contributed by atoms with Crippen LogP contribution in [0, 0.1) is 0 Å². The second kappa shape index (κ2) is 12.1. The Hall–Kier alpha value is -3.87. The average molecular weight is 570 g/mol. The summed E-state index contributed by atoms with van der Waals surface area (Å²) in [5.74, 6) is 1.13. The minimum absolute atomic E-state index is 0.0146. The standard InChI is InChI=1S/C28H31N3O8S/c1-20(32)29-22-7-9-25(10-8-22)40(34,35)31(17-24-5-3-13-37-24)18-28(33)30(16-23-4-2-12-36-23)15-21-6-11-26-27(14-21)39-19-38-26/h2,4,6-12,14,24H,3,5,13,15-19H2,1H3,(H,29,32). The van der Waals surface area contributed by atoms with Crippen LogP contribution < -0.4 is 14.8 Å². The SMILES string of the molecule is CC(=O)Nc1ccc(S(=O)(=O)N(CC(=O)N(Cc2ccc3c(c2)OCO3)Cc2ccco2)CC2CCCO2)cc1. The summed E-state index contributed by atoms with van der Waals surface area (Å²) in [6, 6.07) is 14.8. The summed E-state index contributed by atoms with van der Waals surface area (Å²) in [4.78, 5) is 26.7. The average Bonchev–Trinajstić information content (AvgIpc) is 3.71. The molecule has 0 aliphatic carbocycles. The van der Waals surface area contributed by atoms with Gasteiger partial charge in [0.1, 0.15) is 5.76 Å². The Labute approximate surface area is 232 Å². The van der Waals surface area contributed by atoms with E-state index in [9.17, 15) is 18.0 Å². The van der Waals surface area contributed by atoms with Crippen LogP contribution in [-0.2, 0) is 37.4 Å². The third-order valence-corrected chi connectivity index (χ3v) is 8.47. The van der Waals surface area contributed by atoms with E-state index in [1.807, 2.05) is 12.1 Å². The van der Waals surface area contributed by atoms with Crippen molar-refractivity contribution in [1.29, 1.82) is 0 Å². The molecule has 0 spiro atoms. The Balaban J connectivity index is 1.39. The number of fused-ring (bicyclic) bond motifs is 1. The largest absolute Gasteiger partial charge is 0.467 e. The maximum Gasteiger partial charge on any atom is 0.243 e. The van der Waals surface area contributed by atoms with Crippen molar-refractivity contribution < 1.29 is 36.6 Å². The Morgan fingerprint density at radius 1 is 1.02 bits per heavy atom. The Morgan fingerprint density at radius 2 is 1.82 bits per heavy atom. The van der Waals surface area contributed by atoms with Gasteiger partial charge in [-0.15, -0.1) is 0 Å². The normalized spacial score (nSPS) is 16.3. The highest BCUT2D eigenvalue weighted by Gasteiger charge is 2.32. The van der Waals surface area contributed by atoms with Crippen LogP contribution >= 0.6 is 0 Å². The summed E-state index contributed by atoms with van der Waals surface area (Å²) in [5.41, 5.74) is 1.27. The molecular formula is C28H31N3O8S. The van der Waals surface area contributed by atoms with Gasteiger partial charge in [0.2, 0.25) is 28.6 Å². The van der Waals surface area contributed by atoms with Crippen LogP contribution in [0.25, 0.3) is 0 Å². The molecule has 1 aromatic heterocycles. The molecule has 3 aromatic rings. The molecule has 2 aromatic carbocycles. The summed E-state index contributed by atoms with van der Waals surface area (Å²) in [5, 5.41) is 2.62. The van der Waals surface area contributed by atoms with Crippen LogP contribution in [0.15, 0.2) is 70.2 Å². The number of hydrogen-bond acceptors (Lipinski definition) is 8. The van der Waals surface area contributed by atoms with E-state index < -0.39 is 15.9 Å². The number of nitrogens with zero attached hydrogens (tertiary/aromatic N) is 2. The minimum Gasteiger partial charge on any atom is -0.467 e. The van der Waals surface area contributed by atoms with Gasteiger partial charge in [-0.3, -0.25) is 9.59 Å². The number of ether oxygens (including phenoxy) is 3. The summed E-state index contributed by atoms with van der Waals surface area (Å²) < 4.78 is 50.8. The van der Waals surface area contributed by atoms with Gasteiger partial charge in [-0.1, -0.05) is 6.07 Å². The Bertz CT molecular complexity index is 1430. The molecular weight excluding hydrogens is 538 g/mol. The second-order valence-electron chi connectivity index (χ2n) is 9.65. The van der Waals surface area contributed by atoms with Crippen LogP contribution in [0.4, 0.5) is 5.69 Å². The molecule has 3 heterocycles. The lowest BCUT2D eigenvalue weighted by Gasteiger charge is -2.28. The zero-order valence-electron chi connectivity index (χ0n) is 22.1. The molecule has 1 N–H and O–H groups in total. The van der Waals surface area contributed by atoms with Crippen LogP contribution in [-0.4, -0.2) is 62.0 Å². The number of benzene rings is 2. The van der Waals surface area contributed by atoms with E-state index in [1.165, 1.54) is 41.8 Å². The first-order valence-corrected chi connectivity index (χ1v) is 14.4. The van der Waals surface area contributed by atoms with E-state index in [4.69, 9.17) is 18.6 Å². The molecule has 212 valence electrons. The van der Waals surface area contributed by atoms with E-state index >= 15 is 0 Å². The van der Waals surface area contributed by atoms with Gasteiger partial charge in [-0.25, -0.2) is 8.42 Å². The van der Waals surface area contributed by atoms with Crippen LogP contribution in [0.3, 0.4) is 0 Å². The lowest BCUT2D eigenvalue weighted by molar-refractivity contribution is -0.133. The van der Waals surface area contributed by atoms with Gasteiger partial charge in [0.15, 0.2) is 11.5 Å². The summed E-state index contributed by atoms with van der Waals surface area (Å²) in [6.45, 7) is 2.07. The molecule has 0 bridgehead atoms. The molecule has 2 aliphatic heterocycles. The molecule has 1 atom stereocenters. The van der Waals surface area contributed by atoms with Gasteiger partial charge >= 0.3 is 0 Å². The molecule has 2 aliphatic rings. The van der Waals surface area contributed by atoms with Gasteiger partial charge < -0.3 is 28.8 Å². The fraction of sp³-hybridized carbons (Fsp3) is 0.357. The van der Waals surface area contributed by atoms with Crippen LogP contribution in [0.2, 0.25) is 0 Å². The van der Waals surface area contributed by atoms with Gasteiger partial charge in [0.05, 0.1) is 30.4 Å². The quantitative estimate of drug-likeness (QED) is 0.372. The molecule has 2 amide bonds. The number of carbonyl (C=O) groups excluding carboxylic acids is 2. The number of nitrogens with one attached hydrogen (secondary N) is 1. The highest BCUT2D eigenvalue weighted by Crippen LogP contribution is 2.33. The molecule has 0 radical (unpaired) electrons. The fourth-order valence-corrected chi connectivity index (χ4v) is 6.08. The molecule has 1 saturated heterocycles. The Morgan fingerprint density at radius 3 is 2.52 bits per heavy atom. The van der Waals surface area contributed by atoms with Crippen molar-refractivity contribution in [2.75, 3.05) is 31.8 Å². The zero-order valence-corrected chi connectivity index (χ0v) is 22.9. The van der Waals surface area contributed by atoms with Crippen LogP contribution in [0.1, 0.15) is 31.1 Å². The Kier molecular flexibility index (Phi) is 8.38. The van der Waals surface area contributed by atoms with Crippen molar-refractivity contribution in [1.82, 2.24) is 9.21 Å². The lowest BCUT2D eigenvalue weighted by Crippen LogP contribution is -2.45. The van der Waals surface area contributed by atoms with Gasteiger partial charge in [-0.05, 0) is 66.9 Å². The van der Waals surface area contributed by atoms with E-state index in [2.05, 4.69) is 5.32 Å². The number of hydrogen-bond donors (Lipinski definition) is 1. The summed E-state index contributed by atoms with van der Waals surface area (Å²) in [7, 11) is -4.07. The smallest absolute Gasteiger partial charge is 0.243 e. The van der Waals surface area contributed by atoms with Gasteiger partial charge in [0.25, 0.3) is 0 Å². The van der Waals surface area contributed by atoms with E-state index in [-0.39, 0.29) is 49.9 Å². The third-order valence-electron chi connectivity index (χ3n) is 6.65. The van der Waals surface area contributed by atoms with Crippen molar-refractivity contribution in [2.24, 2.45) is 0 Å². The first-order chi connectivity index (χ1) is 19.3. The number of anilines is 1. The minimum atomic E-state index is -4.07. The molecule has 1 unspecified atom stereocenters. The predicted molar refractivity (Wildman–Crippen MR) is 144 cm³/mol. The molecule has 40 heavy (non-hydrogen) atoms. The van der Waals surface area contributed by atoms with Crippen molar-refractivity contribution >= 4 is 27.5 Å². The van der Waals surface area contributed by atoms with E-state index in [0.29, 0.717) is 36.0 Å². The van der Waals surface area contributed by atoms with Crippen molar-refractivity contribution in [3.63, 3.8) is 0 Å². The number of carbonyl (C=O) groups is 2. The van der Waals surface area contributed by atoms with E-state index in [1.54, 1.807) is 23.1 Å². The number of amides is 2. The van der Waals surface area contributed by atoms with Gasteiger partial charge in [-0.2, -0.15) is 4.31 Å². The van der Waals surface area contributed by atoms with E-state index in [0.717, 1.165) is 12.0 Å². The fourth-order valence-electron chi connectivity index (χ4n) is 4.66. The first kappa shape index (κ1) is 27.7. The maximum atomic E-state index is 13.8. The number of furan rings is 1.